The number of hydrogen-bond donors (Lipinski definition) is 0. The molecule has 5 saturated carbocycles. The fraction of sp³-hybridized carbons (Fsp3) is 0.903. The van der Waals surface area contributed by atoms with Crippen molar-refractivity contribution in [2.24, 2.45) is 58.2 Å². The zero-order valence-electron chi connectivity index (χ0n) is 23.4. The van der Waals surface area contributed by atoms with Gasteiger partial charge in [0.1, 0.15) is 18.0 Å². The molecule has 0 aromatic carbocycles. The summed E-state index contributed by atoms with van der Waals surface area (Å²) < 4.78 is 11.8. The van der Waals surface area contributed by atoms with Crippen LogP contribution in [0.4, 0.5) is 0 Å². The number of hydrogen-bond acceptors (Lipinski definition) is 5. The van der Waals surface area contributed by atoms with Gasteiger partial charge in [0.05, 0.1) is 0 Å². The Morgan fingerprint density at radius 2 is 1.53 bits per heavy atom. The highest BCUT2D eigenvalue weighted by Gasteiger charge is 2.65. The van der Waals surface area contributed by atoms with Gasteiger partial charge >= 0.3 is 11.9 Å². The molecular weight excluding hydrogens is 452 g/mol. The molecule has 5 nitrogen and oxygen atoms in total. The molecule has 12 atom stereocenters. The molecule has 0 spiro atoms. The number of esters is 2. The molecule has 0 bridgehead atoms. The predicted octanol–water partition coefficient (Wildman–Crippen LogP) is 6.37. The molecule has 5 aliphatic rings. The minimum Gasteiger partial charge on any atom is -0.463 e. The Kier molecular flexibility index (Phi) is 6.86. The highest BCUT2D eigenvalue weighted by Crippen LogP contribution is 2.70. The van der Waals surface area contributed by atoms with Crippen LogP contribution < -0.4 is 0 Å². The van der Waals surface area contributed by atoms with Crippen LogP contribution in [0.15, 0.2) is 0 Å². The van der Waals surface area contributed by atoms with Crippen LogP contribution in [0.25, 0.3) is 0 Å². The van der Waals surface area contributed by atoms with Crippen LogP contribution >= 0.6 is 0 Å². The van der Waals surface area contributed by atoms with Crippen LogP contribution in [0.3, 0.4) is 0 Å². The first-order valence-electron chi connectivity index (χ1n) is 14.9. The van der Waals surface area contributed by atoms with E-state index in [-0.39, 0.29) is 35.0 Å². The summed E-state index contributed by atoms with van der Waals surface area (Å²) in [6.07, 6.45) is 10.5. The molecule has 5 fully saturated rings. The van der Waals surface area contributed by atoms with E-state index in [4.69, 9.17) is 9.47 Å². The monoisotopic (exact) mass is 500 g/mol. The third kappa shape index (κ3) is 4.25. The summed E-state index contributed by atoms with van der Waals surface area (Å²) in [5.41, 5.74) is 0.484. The second-order valence-corrected chi connectivity index (χ2v) is 13.8. The summed E-state index contributed by atoms with van der Waals surface area (Å²) in [6, 6.07) is 0. The van der Waals surface area contributed by atoms with Gasteiger partial charge in [-0.15, -0.1) is 0 Å². The number of fused-ring (bicyclic) bond motifs is 5. The summed E-state index contributed by atoms with van der Waals surface area (Å²) in [6.45, 7) is 12.5. The molecule has 36 heavy (non-hydrogen) atoms. The molecule has 0 amide bonds. The smallest absolute Gasteiger partial charge is 0.302 e. The van der Waals surface area contributed by atoms with Gasteiger partial charge in [0, 0.05) is 32.1 Å². The number of ether oxygens (including phenoxy) is 2. The number of rotatable bonds is 6. The predicted molar refractivity (Wildman–Crippen MR) is 138 cm³/mol. The van der Waals surface area contributed by atoms with E-state index in [1.807, 2.05) is 6.92 Å². The Hall–Kier alpha value is -1.39. The molecule has 202 valence electrons. The normalized spacial score (nSPS) is 48.1. The van der Waals surface area contributed by atoms with E-state index in [0.717, 1.165) is 32.1 Å². The SMILES string of the molecule is CCC(=O)C1CC1[C@@H](C)C1CCC2C3C(CC[C@@]21C)[C@@]1(C)CC[C@@H](OC(C)=O)C[C@H]1C[C@H]3OC(C)=O. The molecule has 0 aliphatic heterocycles. The molecule has 0 N–H and O–H groups in total. The second-order valence-electron chi connectivity index (χ2n) is 13.8. The van der Waals surface area contributed by atoms with Gasteiger partial charge < -0.3 is 9.47 Å². The fourth-order valence-electron chi connectivity index (χ4n) is 10.5. The zero-order valence-corrected chi connectivity index (χ0v) is 23.4. The van der Waals surface area contributed by atoms with Crippen LogP contribution in [-0.2, 0) is 23.9 Å². The summed E-state index contributed by atoms with van der Waals surface area (Å²) in [5.74, 6) is 4.22. The molecule has 0 aromatic rings. The molecule has 5 aliphatic carbocycles. The molecule has 6 unspecified atom stereocenters. The minimum absolute atomic E-state index is 0.00186. The average Bonchev–Trinajstić information content (AvgIpc) is 3.53. The quantitative estimate of drug-likeness (QED) is 0.396. The van der Waals surface area contributed by atoms with Crippen LogP contribution in [0.2, 0.25) is 0 Å². The number of carbonyl (C=O) groups is 3. The Labute approximate surface area is 217 Å². The van der Waals surface area contributed by atoms with Crippen molar-refractivity contribution in [1.29, 1.82) is 0 Å². The zero-order chi connectivity index (χ0) is 26.0. The molecule has 5 heteroatoms. The van der Waals surface area contributed by atoms with Crippen molar-refractivity contribution in [3.8, 4) is 0 Å². The lowest BCUT2D eigenvalue weighted by Gasteiger charge is -2.62. The standard InChI is InChI=1S/C31H48O5/c1-7-27(34)23-16-22(23)17(2)24-8-9-25-29-26(11-13-31(24,25)6)30(5)12-10-21(35-18(3)32)14-20(30)15-28(29)36-19(4)33/h17,20-26,28-29H,7-16H2,1-6H3/t17-,20+,21-,22?,23?,24?,25?,26?,28-,29?,30+,31-/m1/s1. The van der Waals surface area contributed by atoms with Gasteiger partial charge in [0.25, 0.3) is 0 Å². The number of Topliss-reactive ketones (excluding diaryl/α,β-unsaturated/α-hetero) is 1. The highest BCUT2D eigenvalue weighted by atomic mass is 16.5. The fourth-order valence-corrected chi connectivity index (χ4v) is 10.5. The van der Waals surface area contributed by atoms with Crippen molar-refractivity contribution in [2.45, 2.75) is 118 Å². The second kappa shape index (κ2) is 9.42. The lowest BCUT2D eigenvalue weighted by Crippen LogP contribution is -2.59. The van der Waals surface area contributed by atoms with Crippen molar-refractivity contribution in [2.75, 3.05) is 0 Å². The lowest BCUT2D eigenvalue weighted by atomic mass is 9.43. The van der Waals surface area contributed by atoms with Crippen LogP contribution in [0.1, 0.15) is 106 Å². The van der Waals surface area contributed by atoms with Gasteiger partial charge in [0.2, 0.25) is 0 Å². The van der Waals surface area contributed by atoms with Crippen LogP contribution in [0.5, 0.6) is 0 Å². The third-order valence-electron chi connectivity index (χ3n) is 12.2. The topological polar surface area (TPSA) is 69.7 Å². The van der Waals surface area contributed by atoms with Crippen molar-refractivity contribution in [3.05, 3.63) is 0 Å². The molecular formula is C31H48O5. The summed E-state index contributed by atoms with van der Waals surface area (Å²) in [7, 11) is 0. The van der Waals surface area contributed by atoms with Gasteiger partial charge in [-0.05, 0) is 104 Å². The molecule has 0 radical (unpaired) electrons. The van der Waals surface area contributed by atoms with Gasteiger partial charge in [0.15, 0.2) is 0 Å². The highest BCUT2D eigenvalue weighted by molar-refractivity contribution is 5.83. The van der Waals surface area contributed by atoms with Crippen LogP contribution in [0, 0.1) is 58.2 Å². The van der Waals surface area contributed by atoms with E-state index >= 15 is 0 Å². The average molecular weight is 501 g/mol. The Bertz CT molecular complexity index is 897. The van der Waals surface area contributed by atoms with Gasteiger partial charge in [-0.25, -0.2) is 0 Å². The van der Waals surface area contributed by atoms with E-state index in [9.17, 15) is 14.4 Å². The van der Waals surface area contributed by atoms with E-state index in [1.165, 1.54) is 32.6 Å². The summed E-state index contributed by atoms with van der Waals surface area (Å²) >= 11 is 0. The first-order valence-corrected chi connectivity index (χ1v) is 14.9. The number of ketones is 1. The van der Waals surface area contributed by atoms with E-state index < -0.39 is 0 Å². The first kappa shape index (κ1) is 26.2. The Balaban J connectivity index is 1.39. The van der Waals surface area contributed by atoms with E-state index in [2.05, 4.69) is 20.8 Å². The maximum absolute atomic E-state index is 12.4. The van der Waals surface area contributed by atoms with E-state index in [0.29, 0.717) is 59.5 Å². The summed E-state index contributed by atoms with van der Waals surface area (Å²) in [4.78, 5) is 36.3. The maximum atomic E-state index is 12.4. The Morgan fingerprint density at radius 1 is 0.861 bits per heavy atom. The summed E-state index contributed by atoms with van der Waals surface area (Å²) in [5, 5.41) is 0. The van der Waals surface area contributed by atoms with E-state index in [1.54, 1.807) is 6.92 Å². The van der Waals surface area contributed by atoms with Crippen LogP contribution in [-0.4, -0.2) is 29.9 Å². The van der Waals surface area contributed by atoms with Gasteiger partial charge in [-0.3, -0.25) is 14.4 Å². The van der Waals surface area contributed by atoms with Crippen molar-refractivity contribution < 1.29 is 23.9 Å². The maximum Gasteiger partial charge on any atom is 0.302 e. The van der Waals surface area contributed by atoms with Crippen molar-refractivity contribution >= 4 is 17.7 Å². The van der Waals surface area contributed by atoms with Gasteiger partial charge in [-0.1, -0.05) is 27.7 Å². The third-order valence-corrected chi connectivity index (χ3v) is 12.2. The lowest BCUT2D eigenvalue weighted by molar-refractivity contribution is -0.197. The van der Waals surface area contributed by atoms with Crippen molar-refractivity contribution in [3.63, 3.8) is 0 Å². The Morgan fingerprint density at radius 3 is 2.19 bits per heavy atom. The molecule has 0 aromatic heterocycles. The largest absolute Gasteiger partial charge is 0.463 e. The molecule has 5 rings (SSSR count). The molecule has 0 heterocycles. The van der Waals surface area contributed by atoms with Crippen molar-refractivity contribution in [1.82, 2.24) is 0 Å². The minimum atomic E-state index is -0.188. The van der Waals surface area contributed by atoms with Gasteiger partial charge in [-0.2, -0.15) is 0 Å². The first-order chi connectivity index (χ1) is 17.0. The molecule has 0 saturated heterocycles. The number of carbonyl (C=O) groups excluding carboxylic acids is 3.